The van der Waals surface area contributed by atoms with Crippen LogP contribution in [0.1, 0.15) is 30.6 Å². The molecule has 0 unspecified atom stereocenters. The molecule has 2 rings (SSSR count). The van der Waals surface area contributed by atoms with Crippen LogP contribution in [0, 0.1) is 3.57 Å². The minimum Gasteiger partial charge on any atom is -0.497 e. The van der Waals surface area contributed by atoms with E-state index in [0.717, 1.165) is 9.99 Å². The summed E-state index contributed by atoms with van der Waals surface area (Å²) in [6, 6.07) is 8.69. The number of halogens is 1. The fourth-order valence-electron chi connectivity index (χ4n) is 2.40. The zero-order valence-electron chi connectivity index (χ0n) is 15.9. The topological polar surface area (TPSA) is 66.0 Å². The fraction of sp³-hybridized carbons (Fsp3) is 0.350. The van der Waals surface area contributed by atoms with Crippen molar-refractivity contribution in [2.45, 2.75) is 20.3 Å². The molecule has 27 heavy (non-hydrogen) atoms. The van der Waals surface area contributed by atoms with Crippen LogP contribution in [-0.2, 0) is 0 Å². The van der Waals surface area contributed by atoms with E-state index in [-0.39, 0.29) is 5.91 Å². The van der Waals surface area contributed by atoms with Crippen molar-refractivity contribution in [2.75, 3.05) is 32.8 Å². The lowest BCUT2D eigenvalue weighted by Crippen LogP contribution is -2.14. The van der Waals surface area contributed by atoms with Gasteiger partial charge in [0.1, 0.15) is 11.5 Å². The summed E-state index contributed by atoms with van der Waals surface area (Å²) < 4.78 is 22.8. The maximum atomic E-state index is 12.8. The quantitative estimate of drug-likeness (QED) is 0.520. The van der Waals surface area contributed by atoms with Crippen molar-refractivity contribution in [3.8, 4) is 23.0 Å². The molecule has 0 aliphatic rings. The van der Waals surface area contributed by atoms with Gasteiger partial charge in [0.25, 0.3) is 5.91 Å². The number of ether oxygens (including phenoxy) is 4. The average Bonchev–Trinajstić information content (AvgIpc) is 2.67. The molecular weight excluding hydrogens is 461 g/mol. The Bertz CT molecular complexity index is 794. The Balaban J connectivity index is 2.30. The predicted molar refractivity (Wildman–Crippen MR) is 114 cm³/mol. The second-order valence-corrected chi connectivity index (χ2v) is 6.75. The molecule has 6 nitrogen and oxygen atoms in total. The zero-order chi connectivity index (χ0) is 19.8. The summed E-state index contributed by atoms with van der Waals surface area (Å²) >= 11 is 2.15. The standard InChI is InChI=1S/C20H24INO5/c1-5-9-27-19-15(21)10-13(11-18(19)26-6-2)20(23)22-16-8-7-14(24-3)12-17(16)25-4/h7-8,10-12H,5-6,9H2,1-4H3,(H,22,23). The van der Waals surface area contributed by atoms with Gasteiger partial charge in [0.2, 0.25) is 0 Å². The Hall–Kier alpha value is -2.16. The first kappa shape index (κ1) is 21.1. The Morgan fingerprint density at radius 3 is 2.44 bits per heavy atom. The van der Waals surface area contributed by atoms with Gasteiger partial charge in [0, 0.05) is 11.6 Å². The maximum Gasteiger partial charge on any atom is 0.255 e. The van der Waals surface area contributed by atoms with Gasteiger partial charge in [-0.05, 0) is 60.2 Å². The van der Waals surface area contributed by atoms with E-state index in [4.69, 9.17) is 18.9 Å². The molecule has 2 aromatic rings. The van der Waals surface area contributed by atoms with E-state index in [1.165, 1.54) is 0 Å². The number of hydrogen-bond acceptors (Lipinski definition) is 5. The molecule has 7 heteroatoms. The minimum absolute atomic E-state index is 0.264. The molecule has 0 fully saturated rings. The molecule has 0 atom stereocenters. The number of hydrogen-bond donors (Lipinski definition) is 1. The van der Waals surface area contributed by atoms with Gasteiger partial charge >= 0.3 is 0 Å². The first-order valence-electron chi connectivity index (χ1n) is 8.66. The van der Waals surface area contributed by atoms with E-state index in [0.29, 0.717) is 47.5 Å². The maximum absolute atomic E-state index is 12.8. The van der Waals surface area contributed by atoms with E-state index in [1.54, 1.807) is 44.6 Å². The molecule has 0 saturated carbocycles. The second kappa shape index (κ2) is 10.2. The molecule has 0 bridgehead atoms. The van der Waals surface area contributed by atoms with Crippen molar-refractivity contribution in [1.29, 1.82) is 0 Å². The summed E-state index contributed by atoms with van der Waals surface area (Å²) in [5.41, 5.74) is 1.03. The van der Waals surface area contributed by atoms with Crippen molar-refractivity contribution in [3.63, 3.8) is 0 Å². The minimum atomic E-state index is -0.264. The molecule has 0 radical (unpaired) electrons. The summed E-state index contributed by atoms with van der Waals surface area (Å²) in [6.45, 7) is 5.00. The Labute approximate surface area is 173 Å². The van der Waals surface area contributed by atoms with Gasteiger partial charge in [-0.1, -0.05) is 6.92 Å². The normalized spacial score (nSPS) is 10.3. The number of carbonyl (C=O) groups is 1. The van der Waals surface area contributed by atoms with Gasteiger partial charge < -0.3 is 24.3 Å². The van der Waals surface area contributed by atoms with Crippen LogP contribution >= 0.6 is 22.6 Å². The third-order valence-corrected chi connectivity index (χ3v) is 4.48. The summed E-state index contributed by atoms with van der Waals surface area (Å²) in [6.07, 6.45) is 0.890. The monoisotopic (exact) mass is 485 g/mol. The first-order valence-corrected chi connectivity index (χ1v) is 9.74. The third-order valence-electron chi connectivity index (χ3n) is 3.68. The Morgan fingerprint density at radius 1 is 1.04 bits per heavy atom. The van der Waals surface area contributed by atoms with Gasteiger partial charge in [0.05, 0.1) is 36.7 Å². The van der Waals surface area contributed by atoms with Crippen LogP contribution in [0.25, 0.3) is 0 Å². The second-order valence-electron chi connectivity index (χ2n) is 5.59. The van der Waals surface area contributed by atoms with Crippen molar-refractivity contribution < 1.29 is 23.7 Å². The van der Waals surface area contributed by atoms with Crippen molar-refractivity contribution in [2.24, 2.45) is 0 Å². The number of rotatable bonds is 9. The summed E-state index contributed by atoms with van der Waals surface area (Å²) in [5.74, 6) is 2.13. The lowest BCUT2D eigenvalue weighted by molar-refractivity contribution is 0.102. The SMILES string of the molecule is CCCOc1c(I)cc(C(=O)Nc2ccc(OC)cc2OC)cc1OCC. The van der Waals surface area contributed by atoms with Crippen LogP contribution < -0.4 is 24.3 Å². The summed E-state index contributed by atoms with van der Waals surface area (Å²) in [4.78, 5) is 12.8. The number of amides is 1. The summed E-state index contributed by atoms with van der Waals surface area (Å²) in [7, 11) is 3.12. The number of methoxy groups -OCH3 is 2. The van der Waals surface area contributed by atoms with Gasteiger partial charge in [-0.25, -0.2) is 0 Å². The first-order chi connectivity index (χ1) is 13.0. The Morgan fingerprint density at radius 2 is 1.81 bits per heavy atom. The highest BCUT2D eigenvalue weighted by Gasteiger charge is 2.17. The van der Waals surface area contributed by atoms with Crippen LogP contribution in [0.2, 0.25) is 0 Å². The van der Waals surface area contributed by atoms with E-state index in [9.17, 15) is 4.79 Å². The summed E-state index contributed by atoms with van der Waals surface area (Å²) in [5, 5.41) is 2.87. The molecule has 0 aliphatic carbocycles. The lowest BCUT2D eigenvalue weighted by atomic mass is 10.1. The molecule has 0 heterocycles. The average molecular weight is 485 g/mol. The van der Waals surface area contributed by atoms with Gasteiger partial charge in [0.15, 0.2) is 11.5 Å². The van der Waals surface area contributed by atoms with Gasteiger partial charge in [-0.3, -0.25) is 4.79 Å². The number of anilines is 1. The van der Waals surface area contributed by atoms with Crippen molar-refractivity contribution in [1.82, 2.24) is 0 Å². The highest BCUT2D eigenvalue weighted by molar-refractivity contribution is 14.1. The molecule has 0 spiro atoms. The van der Waals surface area contributed by atoms with Crippen molar-refractivity contribution in [3.05, 3.63) is 39.5 Å². The zero-order valence-corrected chi connectivity index (χ0v) is 18.1. The molecule has 1 amide bonds. The molecular formula is C20H24INO5. The van der Waals surface area contributed by atoms with E-state index >= 15 is 0 Å². The number of benzene rings is 2. The van der Waals surface area contributed by atoms with Gasteiger partial charge in [-0.2, -0.15) is 0 Å². The smallest absolute Gasteiger partial charge is 0.255 e. The molecule has 0 aromatic heterocycles. The largest absolute Gasteiger partial charge is 0.497 e. The van der Waals surface area contributed by atoms with Crippen LogP contribution in [0.5, 0.6) is 23.0 Å². The molecule has 1 N–H and O–H groups in total. The highest BCUT2D eigenvalue weighted by atomic mass is 127. The van der Waals surface area contributed by atoms with Crippen LogP contribution in [-0.4, -0.2) is 33.3 Å². The molecule has 0 saturated heterocycles. The number of carbonyl (C=O) groups excluding carboxylic acids is 1. The molecule has 0 aliphatic heterocycles. The molecule has 146 valence electrons. The van der Waals surface area contributed by atoms with E-state index in [1.807, 2.05) is 13.8 Å². The fourth-order valence-corrected chi connectivity index (χ4v) is 3.16. The van der Waals surface area contributed by atoms with Crippen LogP contribution in [0.4, 0.5) is 5.69 Å². The van der Waals surface area contributed by atoms with Crippen molar-refractivity contribution >= 4 is 34.2 Å². The van der Waals surface area contributed by atoms with E-state index in [2.05, 4.69) is 27.9 Å². The predicted octanol–water partition coefficient (Wildman–Crippen LogP) is 4.75. The third kappa shape index (κ3) is 5.41. The van der Waals surface area contributed by atoms with E-state index < -0.39 is 0 Å². The van der Waals surface area contributed by atoms with Crippen LogP contribution in [0.15, 0.2) is 30.3 Å². The molecule has 2 aromatic carbocycles. The van der Waals surface area contributed by atoms with Crippen LogP contribution in [0.3, 0.4) is 0 Å². The number of nitrogens with one attached hydrogen (secondary N) is 1. The highest BCUT2D eigenvalue weighted by Crippen LogP contribution is 2.35. The Kier molecular flexibility index (Phi) is 8.02. The van der Waals surface area contributed by atoms with Gasteiger partial charge in [-0.15, -0.1) is 0 Å². The lowest BCUT2D eigenvalue weighted by Gasteiger charge is -2.16.